The lowest BCUT2D eigenvalue weighted by molar-refractivity contribution is -0.141. The Hall–Kier alpha value is -3.39. The van der Waals surface area contributed by atoms with Crippen molar-refractivity contribution in [3.05, 3.63) is 89.1 Å². The molecular weight excluding hydrogens is 446 g/mol. The van der Waals surface area contributed by atoms with Gasteiger partial charge in [0.25, 0.3) is 0 Å². The van der Waals surface area contributed by atoms with Gasteiger partial charge in [-0.15, -0.1) is 0 Å². The molecule has 32 heavy (non-hydrogen) atoms. The minimum Gasteiger partial charge on any atom is -0.496 e. The molecule has 0 saturated carbocycles. The van der Waals surface area contributed by atoms with Gasteiger partial charge in [0.05, 0.1) is 24.9 Å². The Balaban J connectivity index is 1.83. The van der Waals surface area contributed by atoms with E-state index in [1.807, 2.05) is 0 Å². The Bertz CT molecular complexity index is 1260. The lowest BCUT2D eigenvalue weighted by Gasteiger charge is -2.15. The Morgan fingerprint density at radius 3 is 2.47 bits per heavy atom. The Morgan fingerprint density at radius 1 is 1.03 bits per heavy atom. The zero-order chi connectivity index (χ0) is 22.9. The Kier molecular flexibility index (Phi) is 5.88. The first-order valence-corrected chi connectivity index (χ1v) is 9.82. The summed E-state index contributed by atoms with van der Waals surface area (Å²) in [5.41, 5.74) is 0.323. The molecular formula is C23H16ClF4N3O. The van der Waals surface area contributed by atoms with E-state index in [4.69, 9.17) is 16.3 Å². The molecule has 0 spiro atoms. The van der Waals surface area contributed by atoms with Gasteiger partial charge in [-0.25, -0.2) is 4.39 Å². The number of methoxy groups -OCH3 is 1. The van der Waals surface area contributed by atoms with Gasteiger partial charge in [0.2, 0.25) is 0 Å². The number of pyridine rings is 1. The second kappa shape index (κ2) is 8.63. The van der Waals surface area contributed by atoms with Crippen molar-refractivity contribution in [2.75, 3.05) is 7.11 Å². The monoisotopic (exact) mass is 461 g/mol. The van der Waals surface area contributed by atoms with Crippen LogP contribution in [0.4, 0.5) is 17.6 Å². The molecule has 0 saturated heterocycles. The molecule has 0 amide bonds. The summed E-state index contributed by atoms with van der Waals surface area (Å²) < 4.78 is 62.0. The maximum Gasteiger partial charge on any atom is 0.435 e. The summed E-state index contributed by atoms with van der Waals surface area (Å²) >= 11 is 6.06. The lowest BCUT2D eigenvalue weighted by atomic mass is 10.0. The molecule has 0 unspecified atom stereocenters. The third-order valence-electron chi connectivity index (χ3n) is 4.86. The predicted octanol–water partition coefficient (Wildman–Crippen LogP) is 6.48. The number of halogens is 5. The number of hydrogen-bond donors (Lipinski definition) is 0. The van der Waals surface area contributed by atoms with Gasteiger partial charge in [-0.3, -0.25) is 9.67 Å². The van der Waals surface area contributed by atoms with Gasteiger partial charge in [0.1, 0.15) is 11.6 Å². The fourth-order valence-electron chi connectivity index (χ4n) is 3.39. The number of benzene rings is 2. The van der Waals surface area contributed by atoms with E-state index in [9.17, 15) is 13.2 Å². The maximum atomic E-state index is 15.6. The van der Waals surface area contributed by atoms with Gasteiger partial charge >= 0.3 is 6.18 Å². The molecule has 0 aliphatic heterocycles. The van der Waals surface area contributed by atoms with Crippen LogP contribution in [0.1, 0.15) is 11.3 Å². The average Bonchev–Trinajstić information content (AvgIpc) is 3.20. The Morgan fingerprint density at radius 2 is 1.81 bits per heavy atom. The topological polar surface area (TPSA) is 39.9 Å². The van der Waals surface area contributed by atoms with Crippen LogP contribution in [0.2, 0.25) is 5.02 Å². The first-order valence-electron chi connectivity index (χ1n) is 9.44. The van der Waals surface area contributed by atoms with Crippen LogP contribution in [-0.2, 0) is 12.7 Å². The second-order valence-corrected chi connectivity index (χ2v) is 7.37. The fourth-order valence-corrected chi connectivity index (χ4v) is 3.58. The van der Waals surface area contributed by atoms with Crippen molar-refractivity contribution in [1.29, 1.82) is 0 Å². The standard InChI is InChI=1S/C23H16ClF4N3O/c1-32-19-8-7-16(22(25)21(19)14-4-2-6-17(24)10-14)13-31-18(15-5-3-9-29-12-15)11-20(30-31)23(26,27)28/h2-12H,13H2,1H3. The Labute approximate surface area is 186 Å². The number of rotatable bonds is 5. The van der Waals surface area contributed by atoms with Crippen LogP contribution in [0.25, 0.3) is 22.4 Å². The van der Waals surface area contributed by atoms with E-state index in [0.717, 1.165) is 10.7 Å². The molecule has 0 atom stereocenters. The van der Waals surface area contributed by atoms with Gasteiger partial charge in [0.15, 0.2) is 5.69 Å². The van der Waals surface area contributed by atoms with Gasteiger partial charge < -0.3 is 4.74 Å². The van der Waals surface area contributed by atoms with Crippen molar-refractivity contribution in [3.63, 3.8) is 0 Å². The molecule has 4 rings (SSSR count). The van der Waals surface area contributed by atoms with Crippen LogP contribution in [0.5, 0.6) is 5.75 Å². The smallest absolute Gasteiger partial charge is 0.435 e. The minimum atomic E-state index is -4.65. The molecule has 0 N–H and O–H groups in total. The predicted molar refractivity (Wildman–Crippen MR) is 113 cm³/mol. The molecule has 2 aromatic heterocycles. The van der Waals surface area contributed by atoms with Gasteiger partial charge in [-0.05, 0) is 42.0 Å². The quantitative estimate of drug-likeness (QED) is 0.319. The third-order valence-corrected chi connectivity index (χ3v) is 5.10. The normalized spacial score (nSPS) is 11.6. The first-order chi connectivity index (χ1) is 15.3. The van der Waals surface area contributed by atoms with Crippen LogP contribution < -0.4 is 4.74 Å². The lowest BCUT2D eigenvalue weighted by Crippen LogP contribution is -2.10. The van der Waals surface area contributed by atoms with E-state index in [0.29, 0.717) is 16.1 Å². The highest BCUT2D eigenvalue weighted by molar-refractivity contribution is 6.30. The van der Waals surface area contributed by atoms with Gasteiger partial charge in [0, 0.05) is 28.5 Å². The number of alkyl halides is 3. The van der Waals surface area contributed by atoms with E-state index in [1.165, 1.54) is 25.6 Å². The summed E-state index contributed by atoms with van der Waals surface area (Å²) in [6, 6.07) is 13.8. The van der Waals surface area contributed by atoms with Crippen LogP contribution in [-0.4, -0.2) is 21.9 Å². The summed E-state index contributed by atoms with van der Waals surface area (Å²) in [6.45, 7) is -0.232. The summed E-state index contributed by atoms with van der Waals surface area (Å²) in [7, 11) is 1.41. The van der Waals surface area contributed by atoms with Crippen molar-refractivity contribution in [1.82, 2.24) is 14.8 Å². The molecule has 2 aromatic carbocycles. The van der Waals surface area contributed by atoms with Crippen molar-refractivity contribution >= 4 is 11.6 Å². The maximum absolute atomic E-state index is 15.6. The van der Waals surface area contributed by atoms with E-state index < -0.39 is 17.7 Å². The van der Waals surface area contributed by atoms with Crippen LogP contribution >= 0.6 is 11.6 Å². The van der Waals surface area contributed by atoms with Crippen LogP contribution in [0.3, 0.4) is 0 Å². The van der Waals surface area contributed by atoms with Crippen molar-refractivity contribution in [3.8, 4) is 28.1 Å². The van der Waals surface area contributed by atoms with E-state index in [1.54, 1.807) is 42.5 Å². The number of nitrogens with zero attached hydrogens (tertiary/aromatic N) is 3. The molecule has 4 aromatic rings. The number of aromatic nitrogens is 3. The highest BCUT2D eigenvalue weighted by Crippen LogP contribution is 2.37. The summed E-state index contributed by atoms with van der Waals surface area (Å²) in [4.78, 5) is 3.96. The van der Waals surface area contributed by atoms with Crippen molar-refractivity contribution < 1.29 is 22.3 Å². The van der Waals surface area contributed by atoms with Crippen molar-refractivity contribution in [2.45, 2.75) is 12.7 Å². The molecule has 0 bridgehead atoms. The third kappa shape index (κ3) is 4.31. The number of ether oxygens (including phenoxy) is 1. The highest BCUT2D eigenvalue weighted by atomic mass is 35.5. The molecule has 4 nitrogen and oxygen atoms in total. The molecule has 0 radical (unpaired) electrons. The van der Waals surface area contributed by atoms with E-state index in [2.05, 4.69) is 10.1 Å². The minimum absolute atomic E-state index is 0.141. The van der Waals surface area contributed by atoms with E-state index in [-0.39, 0.29) is 29.1 Å². The molecule has 0 aliphatic rings. The van der Waals surface area contributed by atoms with Gasteiger partial charge in [-0.1, -0.05) is 29.8 Å². The molecule has 164 valence electrons. The van der Waals surface area contributed by atoms with Crippen LogP contribution in [0.15, 0.2) is 67.0 Å². The molecule has 9 heteroatoms. The van der Waals surface area contributed by atoms with Gasteiger partial charge in [-0.2, -0.15) is 18.3 Å². The highest BCUT2D eigenvalue weighted by Gasteiger charge is 2.35. The number of hydrogen-bond acceptors (Lipinski definition) is 3. The van der Waals surface area contributed by atoms with Crippen LogP contribution in [0, 0.1) is 5.82 Å². The SMILES string of the molecule is COc1ccc(Cn2nc(C(F)(F)F)cc2-c2cccnc2)c(F)c1-c1cccc(Cl)c1. The molecule has 0 fully saturated rings. The largest absolute Gasteiger partial charge is 0.496 e. The molecule has 2 heterocycles. The zero-order valence-electron chi connectivity index (χ0n) is 16.7. The first kappa shape index (κ1) is 21.8. The van der Waals surface area contributed by atoms with E-state index >= 15 is 4.39 Å². The summed E-state index contributed by atoms with van der Waals surface area (Å²) in [6.07, 6.45) is -1.71. The average molecular weight is 462 g/mol. The second-order valence-electron chi connectivity index (χ2n) is 6.94. The summed E-state index contributed by atoms with van der Waals surface area (Å²) in [5, 5.41) is 4.11. The fraction of sp³-hybridized carbons (Fsp3) is 0.130. The summed E-state index contributed by atoms with van der Waals surface area (Å²) in [5.74, 6) is -0.356. The van der Waals surface area contributed by atoms with Crippen molar-refractivity contribution in [2.24, 2.45) is 0 Å². The zero-order valence-corrected chi connectivity index (χ0v) is 17.5. The molecule has 0 aliphatic carbocycles.